The van der Waals surface area contributed by atoms with Gasteiger partial charge in [-0.1, -0.05) is 0 Å². The molecule has 0 spiro atoms. The highest BCUT2D eigenvalue weighted by molar-refractivity contribution is 7.17. The Morgan fingerprint density at radius 1 is 1.29 bits per heavy atom. The number of aliphatic hydroxyl groups is 1. The third-order valence-electron chi connectivity index (χ3n) is 6.30. The summed E-state index contributed by atoms with van der Waals surface area (Å²) in [6.07, 6.45) is 1.54. The van der Waals surface area contributed by atoms with Crippen LogP contribution < -0.4 is 10.2 Å². The molecule has 2 aliphatic rings. The van der Waals surface area contributed by atoms with E-state index in [4.69, 9.17) is 4.74 Å². The number of aromatic nitrogens is 2. The number of carbonyl (C=O) groups is 2. The molecule has 9 nitrogen and oxygen atoms in total. The predicted molar refractivity (Wildman–Crippen MR) is 131 cm³/mol. The minimum absolute atomic E-state index is 0.198. The Bertz CT molecular complexity index is 1280. The number of hydrogen-bond acceptors (Lipinski definition) is 8. The van der Waals surface area contributed by atoms with Gasteiger partial charge in [0.25, 0.3) is 11.8 Å². The molecule has 4 heterocycles. The molecule has 35 heavy (non-hydrogen) atoms. The monoisotopic (exact) mass is 499 g/mol. The molecule has 2 amide bonds. The number of nitrogens with one attached hydrogen (secondary N) is 1. The van der Waals surface area contributed by atoms with Gasteiger partial charge in [-0.2, -0.15) is 0 Å². The van der Waals surface area contributed by atoms with Crippen molar-refractivity contribution in [2.45, 2.75) is 32.2 Å². The second-order valence-corrected chi connectivity index (χ2v) is 10.1. The minimum atomic E-state index is -1.59. The lowest BCUT2D eigenvalue weighted by molar-refractivity contribution is -0.0159. The van der Waals surface area contributed by atoms with Crippen molar-refractivity contribution in [1.82, 2.24) is 14.9 Å². The van der Waals surface area contributed by atoms with E-state index in [0.717, 1.165) is 0 Å². The van der Waals surface area contributed by atoms with E-state index < -0.39 is 11.8 Å². The van der Waals surface area contributed by atoms with Gasteiger partial charge in [0.2, 0.25) is 0 Å². The molecule has 11 heteroatoms. The van der Waals surface area contributed by atoms with Gasteiger partial charge in [0.15, 0.2) is 0 Å². The van der Waals surface area contributed by atoms with Gasteiger partial charge in [-0.25, -0.2) is 9.37 Å². The summed E-state index contributed by atoms with van der Waals surface area (Å²) in [6, 6.07) is 3.55. The zero-order valence-electron chi connectivity index (χ0n) is 19.5. The van der Waals surface area contributed by atoms with Gasteiger partial charge in [0, 0.05) is 43.0 Å². The predicted octanol–water partition coefficient (Wildman–Crippen LogP) is 2.85. The number of halogens is 1. The van der Waals surface area contributed by atoms with Crippen molar-refractivity contribution in [3.05, 3.63) is 46.6 Å². The summed E-state index contributed by atoms with van der Waals surface area (Å²) in [7, 11) is 0. The van der Waals surface area contributed by atoms with Crippen LogP contribution in [0.15, 0.2) is 29.9 Å². The van der Waals surface area contributed by atoms with Crippen molar-refractivity contribution in [1.29, 1.82) is 0 Å². The number of nitrogens with zero attached hydrogens (tertiary/aromatic N) is 4. The fourth-order valence-electron chi connectivity index (χ4n) is 4.26. The van der Waals surface area contributed by atoms with Gasteiger partial charge in [-0.15, -0.1) is 11.3 Å². The molecule has 0 radical (unpaired) electrons. The molecule has 2 aliphatic heterocycles. The van der Waals surface area contributed by atoms with Gasteiger partial charge < -0.3 is 25.0 Å². The first-order valence-electron chi connectivity index (χ1n) is 11.4. The second-order valence-electron chi connectivity index (χ2n) is 9.25. The first-order valence-corrected chi connectivity index (χ1v) is 12.2. The van der Waals surface area contributed by atoms with Crippen molar-refractivity contribution in [3.63, 3.8) is 0 Å². The summed E-state index contributed by atoms with van der Waals surface area (Å²) >= 11 is 1.34. The lowest BCUT2D eigenvalue weighted by Crippen LogP contribution is -2.42. The molecule has 0 bridgehead atoms. The van der Waals surface area contributed by atoms with Crippen LogP contribution in [-0.4, -0.2) is 76.4 Å². The molecule has 0 aliphatic carbocycles. The Balaban J connectivity index is 1.47. The van der Waals surface area contributed by atoms with Crippen LogP contribution in [-0.2, 0) is 11.3 Å². The summed E-state index contributed by atoms with van der Waals surface area (Å²) in [5.41, 5.74) is 1.84. The Morgan fingerprint density at radius 2 is 2.03 bits per heavy atom. The summed E-state index contributed by atoms with van der Waals surface area (Å²) in [4.78, 5) is 39.0. The highest BCUT2D eigenvalue weighted by Crippen LogP contribution is 2.36. The molecule has 2 aromatic heterocycles. The SMILES string of the molecule is CC(C)(O)C(F)CN1Cc2cc(NC(=O)c3csc4nccnc34)c(N3CCOCC3)cc2C1=O. The van der Waals surface area contributed by atoms with E-state index >= 15 is 0 Å². The van der Waals surface area contributed by atoms with Crippen LogP contribution in [0.5, 0.6) is 0 Å². The molecule has 1 aromatic carbocycles. The van der Waals surface area contributed by atoms with Crippen molar-refractivity contribution in [3.8, 4) is 0 Å². The largest absolute Gasteiger partial charge is 0.387 e. The number of ether oxygens (including phenoxy) is 1. The molecular formula is C24H26FN5O4S. The summed E-state index contributed by atoms with van der Waals surface area (Å²) in [5.74, 6) is -0.614. The first kappa shape index (κ1) is 23.6. The van der Waals surface area contributed by atoms with E-state index in [1.54, 1.807) is 29.9 Å². The van der Waals surface area contributed by atoms with E-state index in [0.29, 0.717) is 64.7 Å². The van der Waals surface area contributed by atoms with Gasteiger partial charge >= 0.3 is 0 Å². The quantitative estimate of drug-likeness (QED) is 0.537. The number of fused-ring (bicyclic) bond motifs is 2. The van der Waals surface area contributed by atoms with Crippen molar-refractivity contribution >= 4 is 44.9 Å². The first-order chi connectivity index (χ1) is 16.7. The number of amides is 2. The van der Waals surface area contributed by atoms with Crippen LogP contribution in [0.2, 0.25) is 0 Å². The molecule has 0 saturated carbocycles. The summed E-state index contributed by atoms with van der Waals surface area (Å²) < 4.78 is 20.0. The Labute approximate surface area is 205 Å². The maximum Gasteiger partial charge on any atom is 0.258 e. The number of benzene rings is 1. The molecule has 1 fully saturated rings. The van der Waals surface area contributed by atoms with Gasteiger partial charge in [0.1, 0.15) is 16.5 Å². The fourth-order valence-corrected chi connectivity index (χ4v) is 5.10. The zero-order chi connectivity index (χ0) is 24.7. The number of rotatable bonds is 6. The summed E-state index contributed by atoms with van der Waals surface area (Å²) in [6.45, 7) is 5.03. The average molecular weight is 500 g/mol. The van der Waals surface area contributed by atoms with Crippen LogP contribution in [0.4, 0.5) is 15.8 Å². The maximum atomic E-state index is 14.5. The van der Waals surface area contributed by atoms with Gasteiger partial charge in [-0.05, 0) is 31.5 Å². The number of carbonyl (C=O) groups excluding carboxylic acids is 2. The highest BCUT2D eigenvalue weighted by atomic mass is 32.1. The number of morpholine rings is 1. The van der Waals surface area contributed by atoms with Crippen LogP contribution in [0, 0.1) is 0 Å². The Morgan fingerprint density at radius 3 is 2.77 bits per heavy atom. The molecule has 1 saturated heterocycles. The number of alkyl halides is 1. The molecule has 3 aromatic rings. The van der Waals surface area contributed by atoms with E-state index in [-0.39, 0.29) is 24.9 Å². The highest BCUT2D eigenvalue weighted by Gasteiger charge is 2.35. The normalized spacial score (nSPS) is 17.1. The van der Waals surface area contributed by atoms with E-state index in [1.807, 2.05) is 0 Å². The van der Waals surface area contributed by atoms with E-state index in [9.17, 15) is 19.1 Å². The third-order valence-corrected chi connectivity index (χ3v) is 7.18. The average Bonchev–Trinajstić information content (AvgIpc) is 3.40. The summed E-state index contributed by atoms with van der Waals surface area (Å²) in [5, 5.41) is 14.7. The van der Waals surface area contributed by atoms with Crippen molar-refractivity contribution < 1.29 is 23.8 Å². The van der Waals surface area contributed by atoms with Crippen LogP contribution in [0.1, 0.15) is 40.1 Å². The smallest absolute Gasteiger partial charge is 0.258 e. The Hall–Kier alpha value is -3.15. The van der Waals surface area contributed by atoms with Gasteiger partial charge in [0.05, 0.1) is 42.3 Å². The van der Waals surface area contributed by atoms with Gasteiger partial charge in [-0.3, -0.25) is 14.6 Å². The number of anilines is 2. The number of hydrogen-bond donors (Lipinski definition) is 2. The second kappa shape index (κ2) is 9.14. The zero-order valence-corrected chi connectivity index (χ0v) is 20.3. The maximum absolute atomic E-state index is 14.5. The van der Waals surface area contributed by atoms with E-state index in [1.165, 1.54) is 30.1 Å². The number of thiophene rings is 1. The molecule has 184 valence electrons. The van der Waals surface area contributed by atoms with Crippen molar-refractivity contribution in [2.24, 2.45) is 0 Å². The fraction of sp³-hybridized carbons (Fsp3) is 0.417. The topological polar surface area (TPSA) is 108 Å². The standard InChI is InChI=1S/C24H26FN5O4S/c1-24(2,33)19(25)12-30-11-14-9-17(18(10-15(14)23(30)32)29-5-7-34-8-6-29)28-21(31)16-13-35-22-20(16)26-3-4-27-22/h3-4,9-10,13,19,33H,5-8,11-12H2,1-2H3,(H,28,31). The van der Waals surface area contributed by atoms with Crippen LogP contribution >= 0.6 is 11.3 Å². The van der Waals surface area contributed by atoms with Crippen molar-refractivity contribution in [2.75, 3.05) is 43.1 Å². The Kier molecular flexibility index (Phi) is 6.16. The molecule has 1 atom stereocenters. The van der Waals surface area contributed by atoms with Crippen LogP contribution in [0.3, 0.4) is 0 Å². The minimum Gasteiger partial charge on any atom is -0.387 e. The molecule has 1 unspecified atom stereocenters. The molecule has 2 N–H and O–H groups in total. The van der Waals surface area contributed by atoms with Crippen LogP contribution in [0.25, 0.3) is 10.3 Å². The molecular weight excluding hydrogens is 473 g/mol. The van der Waals surface area contributed by atoms with E-state index in [2.05, 4.69) is 20.2 Å². The third kappa shape index (κ3) is 4.58. The molecule has 5 rings (SSSR count). The lowest BCUT2D eigenvalue weighted by atomic mass is 10.0. The lowest BCUT2D eigenvalue weighted by Gasteiger charge is -2.31.